The summed E-state index contributed by atoms with van der Waals surface area (Å²) in [4.78, 5) is 0. The summed E-state index contributed by atoms with van der Waals surface area (Å²) in [6, 6.07) is 4.66. The van der Waals surface area contributed by atoms with Gasteiger partial charge in [0.2, 0.25) is 0 Å². The SMILES string of the molecule is CCCCCCCCCCCCCCC[n+]1ccc(CCCCCC)cc1. The van der Waals surface area contributed by atoms with Gasteiger partial charge in [0, 0.05) is 18.6 Å². The van der Waals surface area contributed by atoms with Gasteiger partial charge in [-0.2, -0.15) is 0 Å². The van der Waals surface area contributed by atoms with E-state index < -0.39 is 0 Å². The highest BCUT2D eigenvalue weighted by molar-refractivity contribution is 5.07. The molecule has 0 aliphatic heterocycles. The third kappa shape index (κ3) is 14.8. The predicted octanol–water partition coefficient (Wildman–Crippen LogP) is 8.19. The molecule has 0 N–H and O–H groups in total. The van der Waals surface area contributed by atoms with E-state index in [-0.39, 0.29) is 0 Å². The number of unbranched alkanes of at least 4 members (excludes halogenated alkanes) is 15. The Labute approximate surface area is 171 Å². The van der Waals surface area contributed by atoms with Crippen LogP contribution in [0.3, 0.4) is 0 Å². The number of pyridine rings is 1. The predicted molar refractivity (Wildman–Crippen MR) is 120 cm³/mol. The summed E-state index contributed by atoms with van der Waals surface area (Å²) in [6.07, 6.45) is 29.9. The quantitative estimate of drug-likeness (QED) is 0.170. The third-order valence-corrected chi connectivity index (χ3v) is 5.80. The molecule has 0 aliphatic carbocycles. The Morgan fingerprint density at radius 2 is 0.926 bits per heavy atom. The molecule has 0 saturated carbocycles. The van der Waals surface area contributed by atoms with E-state index in [0.717, 1.165) is 0 Å². The number of rotatable bonds is 19. The van der Waals surface area contributed by atoms with Crippen LogP contribution >= 0.6 is 0 Å². The van der Waals surface area contributed by atoms with Crippen molar-refractivity contribution in [3.63, 3.8) is 0 Å². The van der Waals surface area contributed by atoms with Gasteiger partial charge in [-0.3, -0.25) is 0 Å². The molecule has 1 rings (SSSR count). The second kappa shape index (κ2) is 18.5. The number of hydrogen-bond donors (Lipinski definition) is 0. The highest BCUT2D eigenvalue weighted by atomic mass is 14.9. The van der Waals surface area contributed by atoms with Gasteiger partial charge in [-0.25, -0.2) is 4.57 Å². The number of hydrogen-bond acceptors (Lipinski definition) is 0. The van der Waals surface area contributed by atoms with Crippen molar-refractivity contribution in [2.45, 2.75) is 136 Å². The minimum atomic E-state index is 1.19. The second-order valence-corrected chi connectivity index (χ2v) is 8.50. The molecule has 0 aromatic carbocycles. The second-order valence-electron chi connectivity index (χ2n) is 8.50. The zero-order valence-electron chi connectivity index (χ0n) is 18.7. The van der Waals surface area contributed by atoms with Crippen LogP contribution in [0.2, 0.25) is 0 Å². The van der Waals surface area contributed by atoms with Gasteiger partial charge in [0.15, 0.2) is 12.4 Å². The molecule has 1 heteroatoms. The molecule has 27 heavy (non-hydrogen) atoms. The van der Waals surface area contributed by atoms with Gasteiger partial charge < -0.3 is 0 Å². The van der Waals surface area contributed by atoms with E-state index in [0.29, 0.717) is 0 Å². The van der Waals surface area contributed by atoms with Gasteiger partial charge in [0.25, 0.3) is 0 Å². The largest absolute Gasteiger partial charge is 0.205 e. The van der Waals surface area contributed by atoms with Gasteiger partial charge in [-0.1, -0.05) is 104 Å². The average Bonchev–Trinajstić information content (AvgIpc) is 2.70. The zero-order valence-corrected chi connectivity index (χ0v) is 18.7. The van der Waals surface area contributed by atoms with Crippen molar-refractivity contribution in [3.05, 3.63) is 30.1 Å². The first kappa shape index (κ1) is 24.2. The number of aromatic nitrogens is 1. The fraction of sp³-hybridized carbons (Fsp3) is 0.808. The highest BCUT2D eigenvalue weighted by Crippen LogP contribution is 2.12. The molecule has 0 atom stereocenters. The first-order valence-electron chi connectivity index (χ1n) is 12.3. The Morgan fingerprint density at radius 1 is 0.519 bits per heavy atom. The van der Waals surface area contributed by atoms with Crippen molar-refractivity contribution in [1.29, 1.82) is 0 Å². The van der Waals surface area contributed by atoms with Gasteiger partial charge >= 0.3 is 0 Å². The highest BCUT2D eigenvalue weighted by Gasteiger charge is 2.01. The van der Waals surface area contributed by atoms with Crippen molar-refractivity contribution < 1.29 is 4.57 Å². The van der Waals surface area contributed by atoms with Crippen molar-refractivity contribution in [2.75, 3.05) is 0 Å². The van der Waals surface area contributed by atoms with E-state index >= 15 is 0 Å². The Balaban J connectivity index is 1.89. The molecule has 1 heterocycles. The summed E-state index contributed by atoms with van der Waals surface area (Å²) in [5.41, 5.74) is 1.51. The van der Waals surface area contributed by atoms with Gasteiger partial charge in [-0.05, 0) is 24.8 Å². The lowest BCUT2D eigenvalue weighted by Gasteiger charge is -2.03. The van der Waals surface area contributed by atoms with Crippen LogP contribution in [0.4, 0.5) is 0 Å². The Bertz CT molecular complexity index is 409. The minimum absolute atomic E-state index is 1.19. The van der Waals surface area contributed by atoms with Crippen LogP contribution in [0, 0.1) is 0 Å². The van der Waals surface area contributed by atoms with E-state index in [4.69, 9.17) is 0 Å². The van der Waals surface area contributed by atoms with Crippen LogP contribution < -0.4 is 4.57 Å². The Hall–Kier alpha value is -0.850. The molecule has 0 radical (unpaired) electrons. The molecule has 0 amide bonds. The topological polar surface area (TPSA) is 3.88 Å². The van der Waals surface area contributed by atoms with Crippen LogP contribution in [0.1, 0.15) is 129 Å². The summed E-state index contributed by atoms with van der Waals surface area (Å²) in [6.45, 7) is 5.76. The van der Waals surface area contributed by atoms with Crippen LogP contribution in [0.15, 0.2) is 24.5 Å². The molecule has 0 unspecified atom stereocenters. The monoisotopic (exact) mass is 374 g/mol. The average molecular weight is 375 g/mol. The number of aryl methyl sites for hydroxylation is 2. The normalized spacial score (nSPS) is 11.2. The van der Waals surface area contributed by atoms with Gasteiger partial charge in [0.05, 0.1) is 0 Å². The molecule has 156 valence electrons. The van der Waals surface area contributed by atoms with E-state index in [1.807, 2.05) is 0 Å². The summed E-state index contributed by atoms with van der Waals surface area (Å²) in [7, 11) is 0. The standard InChI is InChI=1S/C26H48N/c1-3-5-7-9-10-11-12-13-14-15-16-17-19-23-27-24-21-26(22-25-27)20-18-8-6-4-2/h21-22,24-25H,3-20,23H2,1-2H3/q+1. The van der Waals surface area contributed by atoms with Crippen LogP contribution in [0.5, 0.6) is 0 Å². The molecule has 1 nitrogen and oxygen atoms in total. The van der Waals surface area contributed by atoms with Crippen LogP contribution in [0.25, 0.3) is 0 Å². The van der Waals surface area contributed by atoms with Crippen molar-refractivity contribution in [1.82, 2.24) is 0 Å². The van der Waals surface area contributed by atoms with Crippen molar-refractivity contribution in [2.24, 2.45) is 0 Å². The molecule has 0 aliphatic rings. The van der Waals surface area contributed by atoms with Gasteiger partial charge in [-0.15, -0.1) is 0 Å². The van der Waals surface area contributed by atoms with E-state index in [1.165, 1.54) is 128 Å². The minimum Gasteiger partial charge on any atom is -0.205 e. The first-order chi connectivity index (χ1) is 13.4. The van der Waals surface area contributed by atoms with E-state index in [9.17, 15) is 0 Å². The molecule has 0 fully saturated rings. The lowest BCUT2D eigenvalue weighted by Crippen LogP contribution is -2.32. The summed E-state index contributed by atoms with van der Waals surface area (Å²) in [5.74, 6) is 0. The maximum atomic E-state index is 2.37. The molecular weight excluding hydrogens is 326 g/mol. The van der Waals surface area contributed by atoms with E-state index in [2.05, 4.69) is 42.9 Å². The maximum absolute atomic E-state index is 2.37. The van der Waals surface area contributed by atoms with Crippen molar-refractivity contribution in [3.8, 4) is 0 Å². The van der Waals surface area contributed by atoms with Crippen LogP contribution in [-0.4, -0.2) is 0 Å². The van der Waals surface area contributed by atoms with E-state index in [1.54, 1.807) is 0 Å². The van der Waals surface area contributed by atoms with Gasteiger partial charge in [0.1, 0.15) is 6.54 Å². The summed E-state index contributed by atoms with van der Waals surface area (Å²) >= 11 is 0. The Kier molecular flexibility index (Phi) is 16.6. The smallest absolute Gasteiger partial charge is 0.169 e. The molecule has 0 spiro atoms. The fourth-order valence-corrected chi connectivity index (χ4v) is 3.87. The third-order valence-electron chi connectivity index (χ3n) is 5.80. The zero-order chi connectivity index (χ0) is 19.4. The van der Waals surface area contributed by atoms with Crippen LogP contribution in [-0.2, 0) is 13.0 Å². The molecular formula is C26H48N+. The summed E-state index contributed by atoms with van der Waals surface area (Å²) in [5, 5.41) is 0. The lowest BCUT2D eigenvalue weighted by molar-refractivity contribution is -0.697. The Morgan fingerprint density at radius 3 is 1.41 bits per heavy atom. The molecule has 1 aromatic heterocycles. The number of nitrogens with zero attached hydrogens (tertiary/aromatic N) is 1. The molecule has 1 aromatic rings. The first-order valence-corrected chi connectivity index (χ1v) is 12.3. The molecule has 0 saturated heterocycles. The molecule has 0 bridgehead atoms. The fourth-order valence-electron chi connectivity index (χ4n) is 3.87. The maximum Gasteiger partial charge on any atom is 0.169 e. The van der Waals surface area contributed by atoms with Crippen molar-refractivity contribution >= 4 is 0 Å². The lowest BCUT2D eigenvalue weighted by atomic mass is 10.0. The summed E-state index contributed by atoms with van der Waals surface area (Å²) < 4.78 is 2.37.